The van der Waals surface area contributed by atoms with Crippen LogP contribution in [0, 0.1) is 11.6 Å². The van der Waals surface area contributed by atoms with E-state index in [1.54, 1.807) is 12.1 Å². The lowest BCUT2D eigenvalue weighted by Gasteiger charge is -2.09. The van der Waals surface area contributed by atoms with Crippen LogP contribution in [0.3, 0.4) is 0 Å². The van der Waals surface area contributed by atoms with Gasteiger partial charge in [0.15, 0.2) is 0 Å². The van der Waals surface area contributed by atoms with Gasteiger partial charge in [0.25, 0.3) is 5.91 Å². The van der Waals surface area contributed by atoms with Crippen molar-refractivity contribution in [1.29, 1.82) is 0 Å². The van der Waals surface area contributed by atoms with Crippen molar-refractivity contribution in [2.75, 3.05) is 6.54 Å². The van der Waals surface area contributed by atoms with Crippen molar-refractivity contribution in [1.82, 2.24) is 10.6 Å². The topological polar surface area (TPSA) is 58.2 Å². The minimum Gasteiger partial charge on any atom is -0.350 e. The molecule has 2 N–H and O–H groups in total. The van der Waals surface area contributed by atoms with Crippen LogP contribution in [0.5, 0.6) is 0 Å². The number of carbonyl (C=O) groups excluding carboxylic acids is 2. The summed E-state index contributed by atoms with van der Waals surface area (Å²) in [5, 5.41) is 4.67. The van der Waals surface area contributed by atoms with Crippen LogP contribution in [0.1, 0.15) is 15.9 Å². The Kier molecular flexibility index (Phi) is 5.65. The second kappa shape index (κ2) is 7.69. The molecule has 0 saturated heterocycles. The highest BCUT2D eigenvalue weighted by atomic mass is 35.5. The molecule has 0 unspecified atom stereocenters. The van der Waals surface area contributed by atoms with Gasteiger partial charge in [-0.25, -0.2) is 8.78 Å². The third kappa shape index (κ3) is 4.50. The fraction of sp³-hybridized carbons (Fsp3) is 0.125. The van der Waals surface area contributed by atoms with Crippen LogP contribution >= 0.6 is 11.6 Å². The van der Waals surface area contributed by atoms with Crippen LogP contribution in [-0.2, 0) is 11.3 Å². The number of carbonyl (C=O) groups is 2. The molecule has 23 heavy (non-hydrogen) atoms. The first kappa shape index (κ1) is 16.9. The number of halogens is 3. The fourth-order valence-corrected chi connectivity index (χ4v) is 2.11. The summed E-state index contributed by atoms with van der Waals surface area (Å²) in [5.74, 6) is -2.54. The highest BCUT2D eigenvalue weighted by molar-refractivity contribution is 6.33. The average Bonchev–Trinajstić information content (AvgIpc) is 2.52. The molecule has 4 nitrogen and oxygen atoms in total. The first-order valence-electron chi connectivity index (χ1n) is 6.71. The lowest BCUT2D eigenvalue weighted by molar-refractivity contribution is -0.120. The van der Waals surface area contributed by atoms with Crippen molar-refractivity contribution in [3.8, 4) is 0 Å². The highest BCUT2D eigenvalue weighted by Crippen LogP contribution is 2.18. The zero-order valence-corrected chi connectivity index (χ0v) is 12.7. The molecule has 0 aliphatic heterocycles. The third-order valence-electron chi connectivity index (χ3n) is 3.03. The molecule has 2 amide bonds. The van der Waals surface area contributed by atoms with E-state index in [1.165, 1.54) is 24.3 Å². The molecule has 0 aliphatic rings. The summed E-state index contributed by atoms with van der Waals surface area (Å²) in [4.78, 5) is 23.5. The number of benzene rings is 2. The van der Waals surface area contributed by atoms with Crippen LogP contribution in [0.15, 0.2) is 42.5 Å². The quantitative estimate of drug-likeness (QED) is 0.880. The van der Waals surface area contributed by atoms with Gasteiger partial charge >= 0.3 is 0 Å². The molecule has 0 fully saturated rings. The lowest BCUT2D eigenvalue weighted by atomic mass is 10.2. The van der Waals surface area contributed by atoms with Gasteiger partial charge in [-0.3, -0.25) is 9.59 Å². The van der Waals surface area contributed by atoms with Gasteiger partial charge in [0.05, 0.1) is 17.1 Å². The number of hydrogen-bond acceptors (Lipinski definition) is 2. The van der Waals surface area contributed by atoms with Crippen LogP contribution in [0.4, 0.5) is 8.78 Å². The Morgan fingerprint density at radius 2 is 1.65 bits per heavy atom. The second-order valence-electron chi connectivity index (χ2n) is 4.65. The van der Waals surface area contributed by atoms with Crippen LogP contribution < -0.4 is 10.6 Å². The van der Waals surface area contributed by atoms with Gasteiger partial charge in [-0.15, -0.1) is 0 Å². The SMILES string of the molecule is O=C(CNC(=O)c1c(F)cccc1Cl)NCc1ccccc1F. The van der Waals surface area contributed by atoms with Crippen LogP contribution in [0.25, 0.3) is 0 Å². The molecule has 0 atom stereocenters. The Morgan fingerprint density at radius 3 is 2.35 bits per heavy atom. The summed E-state index contributed by atoms with van der Waals surface area (Å²) >= 11 is 5.76. The molecular weight excluding hydrogens is 326 g/mol. The minimum atomic E-state index is -0.797. The number of nitrogens with one attached hydrogen (secondary N) is 2. The Morgan fingerprint density at radius 1 is 0.957 bits per heavy atom. The van der Waals surface area contributed by atoms with Gasteiger partial charge < -0.3 is 10.6 Å². The first-order valence-corrected chi connectivity index (χ1v) is 7.09. The molecule has 0 saturated carbocycles. The average molecular weight is 339 g/mol. The van der Waals surface area contributed by atoms with E-state index in [0.717, 1.165) is 6.07 Å². The summed E-state index contributed by atoms with van der Waals surface area (Å²) in [7, 11) is 0. The molecule has 0 bridgehead atoms. The van der Waals surface area contributed by atoms with E-state index in [-0.39, 0.29) is 23.7 Å². The Balaban J connectivity index is 1.87. The predicted molar refractivity (Wildman–Crippen MR) is 82.0 cm³/mol. The fourth-order valence-electron chi connectivity index (χ4n) is 1.86. The van der Waals surface area contributed by atoms with E-state index in [0.29, 0.717) is 5.56 Å². The first-order chi connectivity index (χ1) is 11.0. The van der Waals surface area contributed by atoms with Crippen molar-refractivity contribution < 1.29 is 18.4 Å². The molecule has 2 aromatic rings. The monoisotopic (exact) mass is 338 g/mol. The summed E-state index contributed by atoms with van der Waals surface area (Å²) < 4.78 is 26.9. The third-order valence-corrected chi connectivity index (χ3v) is 3.35. The molecule has 120 valence electrons. The van der Waals surface area contributed by atoms with E-state index >= 15 is 0 Å². The van der Waals surface area contributed by atoms with Crippen LogP contribution in [-0.4, -0.2) is 18.4 Å². The maximum absolute atomic E-state index is 13.6. The molecule has 0 radical (unpaired) electrons. The van der Waals surface area contributed by atoms with E-state index in [1.807, 2.05) is 0 Å². The number of rotatable bonds is 5. The summed E-state index contributed by atoms with van der Waals surface area (Å²) in [6.07, 6.45) is 0. The predicted octanol–water partition coefficient (Wildman–Crippen LogP) is 2.66. The maximum Gasteiger partial charge on any atom is 0.256 e. The highest BCUT2D eigenvalue weighted by Gasteiger charge is 2.16. The van der Waals surface area contributed by atoms with Gasteiger partial charge in [-0.1, -0.05) is 35.9 Å². The Bertz CT molecular complexity index is 718. The molecule has 2 rings (SSSR count). The maximum atomic E-state index is 13.6. The van der Waals surface area contributed by atoms with Crippen molar-refractivity contribution in [3.63, 3.8) is 0 Å². The van der Waals surface area contributed by atoms with Gasteiger partial charge in [-0.05, 0) is 18.2 Å². The van der Waals surface area contributed by atoms with E-state index < -0.39 is 23.4 Å². The largest absolute Gasteiger partial charge is 0.350 e. The Labute approximate surface area is 136 Å². The van der Waals surface area contributed by atoms with Crippen molar-refractivity contribution >= 4 is 23.4 Å². The number of amides is 2. The molecule has 0 spiro atoms. The molecule has 0 aromatic heterocycles. The van der Waals surface area contributed by atoms with E-state index in [9.17, 15) is 18.4 Å². The molecule has 0 aliphatic carbocycles. The van der Waals surface area contributed by atoms with E-state index in [4.69, 9.17) is 11.6 Å². The number of hydrogen-bond donors (Lipinski definition) is 2. The zero-order valence-electron chi connectivity index (χ0n) is 11.9. The smallest absolute Gasteiger partial charge is 0.256 e. The van der Waals surface area contributed by atoms with Gasteiger partial charge in [0.1, 0.15) is 11.6 Å². The summed E-state index contributed by atoms with van der Waals surface area (Å²) in [6.45, 7) is -0.389. The molecule has 2 aromatic carbocycles. The van der Waals surface area contributed by atoms with Gasteiger partial charge in [-0.2, -0.15) is 0 Å². The lowest BCUT2D eigenvalue weighted by Crippen LogP contribution is -2.37. The standard InChI is InChI=1S/C16H13ClF2N2O2/c17-11-5-3-7-13(19)15(11)16(23)21-9-14(22)20-8-10-4-1-2-6-12(10)18/h1-7H,8-9H2,(H,20,22)(H,21,23). The van der Waals surface area contributed by atoms with Gasteiger partial charge in [0.2, 0.25) is 5.91 Å². The normalized spacial score (nSPS) is 10.2. The van der Waals surface area contributed by atoms with E-state index in [2.05, 4.69) is 10.6 Å². The molecular formula is C16H13ClF2N2O2. The summed E-state index contributed by atoms with van der Waals surface area (Å²) in [6, 6.07) is 9.84. The van der Waals surface area contributed by atoms with Gasteiger partial charge in [0, 0.05) is 12.1 Å². The summed E-state index contributed by atoms with van der Waals surface area (Å²) in [5.41, 5.74) is 0.000366. The zero-order chi connectivity index (χ0) is 16.8. The van der Waals surface area contributed by atoms with Crippen LogP contribution in [0.2, 0.25) is 5.02 Å². The molecule has 7 heteroatoms. The molecule has 0 heterocycles. The van der Waals surface area contributed by atoms with Crippen molar-refractivity contribution in [3.05, 3.63) is 70.2 Å². The Hall–Kier alpha value is -2.47. The van der Waals surface area contributed by atoms with Crippen molar-refractivity contribution in [2.24, 2.45) is 0 Å². The second-order valence-corrected chi connectivity index (χ2v) is 5.05. The van der Waals surface area contributed by atoms with Crippen molar-refractivity contribution in [2.45, 2.75) is 6.54 Å². The minimum absolute atomic E-state index is 0.0121.